The first-order valence-corrected chi connectivity index (χ1v) is 7.72. The van der Waals surface area contributed by atoms with Crippen LogP contribution in [0.5, 0.6) is 5.88 Å². The molecule has 25 heavy (non-hydrogen) atoms. The molecular weight excluding hydrogens is 318 g/mol. The van der Waals surface area contributed by atoms with Gasteiger partial charge < -0.3 is 5.11 Å². The zero-order valence-electron chi connectivity index (χ0n) is 13.9. The van der Waals surface area contributed by atoms with Crippen molar-refractivity contribution in [2.75, 3.05) is 0 Å². The predicted octanol–water partition coefficient (Wildman–Crippen LogP) is 2.60. The molecule has 1 aromatic heterocycles. The second kappa shape index (κ2) is 6.60. The molecule has 0 saturated carbocycles. The second-order valence-corrected chi connectivity index (χ2v) is 5.76. The Labute approximate surface area is 143 Å². The Kier molecular flexibility index (Phi) is 4.35. The highest BCUT2D eigenvalue weighted by molar-refractivity contribution is 5.84. The molecule has 6 heteroatoms. The number of aliphatic imine (C=N–C) groups is 1. The Bertz CT molecular complexity index is 1060. The molecule has 0 aliphatic heterocycles. The first-order valence-electron chi connectivity index (χ1n) is 7.72. The number of aromatic amines is 1. The number of H-pyrrole nitrogens is 1. The minimum Gasteiger partial charge on any atom is -0.493 e. The third kappa shape index (κ3) is 3.42. The predicted molar refractivity (Wildman–Crippen MR) is 97.5 cm³/mol. The lowest BCUT2D eigenvalue weighted by molar-refractivity contribution is 0.430. The van der Waals surface area contributed by atoms with Gasteiger partial charge in [0.15, 0.2) is 0 Å². The zero-order chi connectivity index (χ0) is 18.0. The summed E-state index contributed by atoms with van der Waals surface area (Å²) in [5.74, 6) is -0.450. The minimum atomic E-state index is -0.709. The molecule has 3 aromatic rings. The van der Waals surface area contributed by atoms with Crippen molar-refractivity contribution in [3.8, 4) is 11.6 Å². The highest BCUT2D eigenvalue weighted by atomic mass is 16.3. The molecule has 0 amide bonds. The number of aryl methyl sites for hydroxylation is 2. The van der Waals surface area contributed by atoms with Gasteiger partial charge in [0.2, 0.25) is 5.88 Å². The number of hydrogen-bond donors (Lipinski definition) is 2. The molecule has 2 N–H and O–H groups in total. The van der Waals surface area contributed by atoms with Gasteiger partial charge in [0, 0.05) is 6.21 Å². The largest absolute Gasteiger partial charge is 0.493 e. The number of rotatable bonds is 3. The van der Waals surface area contributed by atoms with Crippen molar-refractivity contribution in [3.63, 3.8) is 0 Å². The van der Waals surface area contributed by atoms with Crippen LogP contribution in [0.3, 0.4) is 0 Å². The molecule has 0 aliphatic rings. The summed E-state index contributed by atoms with van der Waals surface area (Å²) in [5.41, 5.74) is 1.66. The number of nitrogens with zero attached hydrogens (tertiary/aromatic N) is 2. The van der Waals surface area contributed by atoms with Crippen LogP contribution in [0.25, 0.3) is 5.69 Å². The van der Waals surface area contributed by atoms with E-state index in [9.17, 15) is 14.7 Å². The van der Waals surface area contributed by atoms with E-state index < -0.39 is 17.1 Å². The molecule has 0 fully saturated rings. The third-order valence-corrected chi connectivity index (χ3v) is 3.76. The normalized spacial score (nSPS) is 11.1. The molecule has 0 spiro atoms. The van der Waals surface area contributed by atoms with Gasteiger partial charge in [0.25, 0.3) is 5.56 Å². The van der Waals surface area contributed by atoms with Gasteiger partial charge in [-0.05, 0) is 43.7 Å². The molecule has 6 nitrogen and oxygen atoms in total. The first-order chi connectivity index (χ1) is 12.0. The smallest absolute Gasteiger partial charge is 0.335 e. The molecule has 2 aromatic carbocycles. The molecule has 1 heterocycles. The Morgan fingerprint density at radius 2 is 1.76 bits per heavy atom. The lowest BCUT2D eigenvalue weighted by Crippen LogP contribution is -2.31. The number of nitrogens with one attached hydrogen (secondary N) is 1. The van der Waals surface area contributed by atoms with Crippen LogP contribution in [0.2, 0.25) is 0 Å². The summed E-state index contributed by atoms with van der Waals surface area (Å²) in [7, 11) is 0. The topological polar surface area (TPSA) is 87.4 Å². The molecule has 0 saturated heterocycles. The highest BCUT2D eigenvalue weighted by Crippen LogP contribution is 2.17. The summed E-state index contributed by atoms with van der Waals surface area (Å²) in [6.45, 7) is 3.85. The summed E-state index contributed by atoms with van der Waals surface area (Å²) in [6.07, 6.45) is 1.26. The molecule has 126 valence electrons. The Hall–Kier alpha value is -3.41. The summed E-state index contributed by atoms with van der Waals surface area (Å²) in [6, 6.07) is 14.4. The lowest BCUT2D eigenvalue weighted by atomic mass is 10.2. The lowest BCUT2D eigenvalue weighted by Gasteiger charge is -2.09. The molecule has 3 rings (SSSR count). The van der Waals surface area contributed by atoms with Crippen molar-refractivity contribution in [2.24, 2.45) is 4.99 Å². The van der Waals surface area contributed by atoms with E-state index in [2.05, 4.69) is 9.98 Å². The van der Waals surface area contributed by atoms with E-state index >= 15 is 0 Å². The van der Waals surface area contributed by atoms with Crippen molar-refractivity contribution in [1.82, 2.24) is 9.55 Å². The number of aromatic hydroxyl groups is 1. The van der Waals surface area contributed by atoms with Crippen LogP contribution >= 0.6 is 0 Å². The number of benzene rings is 2. The Morgan fingerprint density at radius 1 is 1.04 bits per heavy atom. The van der Waals surface area contributed by atoms with E-state index in [-0.39, 0.29) is 5.56 Å². The van der Waals surface area contributed by atoms with Crippen LogP contribution in [0.15, 0.2) is 63.1 Å². The van der Waals surface area contributed by atoms with Crippen molar-refractivity contribution in [1.29, 1.82) is 0 Å². The molecule has 0 radical (unpaired) electrons. The van der Waals surface area contributed by atoms with Crippen LogP contribution in [0, 0.1) is 13.8 Å². The fourth-order valence-electron chi connectivity index (χ4n) is 2.44. The van der Waals surface area contributed by atoms with Gasteiger partial charge in [-0.1, -0.05) is 29.8 Å². The molecule has 0 unspecified atom stereocenters. The number of hydrogen-bond acceptors (Lipinski definition) is 4. The second-order valence-electron chi connectivity index (χ2n) is 5.76. The van der Waals surface area contributed by atoms with Crippen LogP contribution in [0.4, 0.5) is 5.69 Å². The van der Waals surface area contributed by atoms with Gasteiger partial charge in [-0.3, -0.25) is 14.8 Å². The maximum absolute atomic E-state index is 12.1. The van der Waals surface area contributed by atoms with Gasteiger partial charge in [0.05, 0.1) is 11.4 Å². The van der Waals surface area contributed by atoms with Crippen molar-refractivity contribution in [3.05, 3.63) is 86.1 Å². The van der Waals surface area contributed by atoms with E-state index in [0.29, 0.717) is 11.4 Å². The fourth-order valence-corrected chi connectivity index (χ4v) is 2.44. The maximum atomic E-state index is 12.1. The summed E-state index contributed by atoms with van der Waals surface area (Å²) >= 11 is 0. The summed E-state index contributed by atoms with van der Waals surface area (Å²) in [5, 5.41) is 10.5. The monoisotopic (exact) mass is 335 g/mol. The van der Waals surface area contributed by atoms with Crippen LogP contribution in [0.1, 0.15) is 16.7 Å². The van der Waals surface area contributed by atoms with Gasteiger partial charge in [0.1, 0.15) is 5.56 Å². The number of aromatic nitrogens is 2. The molecule has 0 aliphatic carbocycles. The van der Waals surface area contributed by atoms with Crippen molar-refractivity contribution < 1.29 is 5.11 Å². The Balaban J connectivity index is 2.12. The van der Waals surface area contributed by atoms with E-state index in [0.717, 1.165) is 15.7 Å². The van der Waals surface area contributed by atoms with E-state index in [1.54, 1.807) is 18.2 Å². The van der Waals surface area contributed by atoms with Gasteiger partial charge in [-0.2, -0.15) is 0 Å². The quantitative estimate of drug-likeness (QED) is 0.721. The Morgan fingerprint density at radius 3 is 2.44 bits per heavy atom. The average molecular weight is 335 g/mol. The van der Waals surface area contributed by atoms with E-state index in [4.69, 9.17) is 0 Å². The van der Waals surface area contributed by atoms with Crippen LogP contribution in [-0.4, -0.2) is 20.9 Å². The van der Waals surface area contributed by atoms with Gasteiger partial charge >= 0.3 is 5.69 Å². The molecule has 0 bridgehead atoms. The maximum Gasteiger partial charge on any atom is 0.335 e. The van der Waals surface area contributed by atoms with Crippen molar-refractivity contribution in [2.45, 2.75) is 13.8 Å². The van der Waals surface area contributed by atoms with E-state index in [1.807, 2.05) is 44.2 Å². The SMILES string of the molecule is Cc1ccc(-n2c(O)c(C=Nc3cccc(C)c3)c(=O)[nH]c2=O)cc1. The summed E-state index contributed by atoms with van der Waals surface area (Å²) in [4.78, 5) is 30.6. The minimum absolute atomic E-state index is 0.0818. The van der Waals surface area contributed by atoms with Crippen LogP contribution in [-0.2, 0) is 0 Å². The van der Waals surface area contributed by atoms with Crippen molar-refractivity contribution >= 4 is 11.9 Å². The van der Waals surface area contributed by atoms with E-state index in [1.165, 1.54) is 6.21 Å². The summed E-state index contributed by atoms with van der Waals surface area (Å²) < 4.78 is 1.04. The first kappa shape index (κ1) is 16.4. The average Bonchev–Trinajstić information content (AvgIpc) is 2.56. The van der Waals surface area contributed by atoms with Gasteiger partial charge in [-0.25, -0.2) is 9.36 Å². The molecule has 0 atom stereocenters. The zero-order valence-corrected chi connectivity index (χ0v) is 13.9. The highest BCUT2D eigenvalue weighted by Gasteiger charge is 2.14. The van der Waals surface area contributed by atoms with Crippen LogP contribution < -0.4 is 11.2 Å². The fraction of sp³-hybridized carbons (Fsp3) is 0.105. The third-order valence-electron chi connectivity index (χ3n) is 3.76. The van der Waals surface area contributed by atoms with Gasteiger partial charge in [-0.15, -0.1) is 0 Å². The standard InChI is InChI=1S/C19H17N3O3/c1-12-6-8-15(9-7-12)22-18(24)16(17(23)21-19(22)25)11-20-14-5-3-4-13(2)10-14/h3-11,24H,1-2H3,(H,21,23,25). The molecular formula is C19H17N3O3.